The average Bonchev–Trinajstić information content (AvgIpc) is 3.22. The van der Waals surface area contributed by atoms with E-state index in [1.54, 1.807) is 0 Å². The maximum Gasteiger partial charge on any atom is 0.308 e. The number of para-hydroxylation sites is 1. The van der Waals surface area contributed by atoms with Gasteiger partial charge in [-0.15, -0.1) is 4.99 Å². The molecule has 0 N–H and O–H groups in total. The number of ether oxygens (including phenoxy) is 1. The SMILES string of the molecule is CC.N#CN=C(Oc1ccccc1)N1CCC(CC(=O)N2CCN(C3c4ccc(Cl)cc4CCc4cc(Br)cnc43)CC2)CC1. The normalized spacial score (nSPS) is 18.9. The summed E-state index contributed by atoms with van der Waals surface area (Å²) in [7, 11) is 0. The van der Waals surface area contributed by atoms with Gasteiger partial charge < -0.3 is 14.5 Å². The van der Waals surface area contributed by atoms with Crippen molar-refractivity contribution in [1.82, 2.24) is 19.7 Å². The van der Waals surface area contributed by atoms with Crippen LogP contribution in [0.5, 0.6) is 5.75 Å². The van der Waals surface area contributed by atoms with Crippen molar-refractivity contribution in [2.45, 2.75) is 52.0 Å². The van der Waals surface area contributed by atoms with Gasteiger partial charge in [-0.1, -0.05) is 49.7 Å². The van der Waals surface area contributed by atoms with Crippen LogP contribution < -0.4 is 4.74 Å². The largest absolute Gasteiger partial charge is 0.425 e. The molecule has 2 aliphatic heterocycles. The lowest BCUT2D eigenvalue weighted by molar-refractivity contribution is -0.134. The minimum Gasteiger partial charge on any atom is -0.425 e. The van der Waals surface area contributed by atoms with Crippen molar-refractivity contribution in [3.05, 3.63) is 92.7 Å². The van der Waals surface area contributed by atoms with E-state index in [2.05, 4.69) is 44.0 Å². The molecule has 1 aromatic heterocycles. The third-order valence-electron chi connectivity index (χ3n) is 8.77. The standard InChI is InChI=1S/C33H34BrClN6O2.C2H6/c34-26-19-25-7-6-24-20-27(35)8-9-29(24)32(31(25)37-21-26)40-16-14-39(15-17-40)30(42)18-23-10-12-41(13-11-23)33(38-22-36)43-28-4-2-1-3-5-28;1-2/h1-5,8-9,19-21,23,32H,6-7,10-18H2;1-2H3. The molecule has 1 unspecified atom stereocenters. The zero-order valence-corrected chi connectivity index (χ0v) is 28.3. The molecule has 3 aliphatic rings. The molecule has 0 saturated carbocycles. The number of carbonyl (C=O) groups is 1. The lowest BCUT2D eigenvalue weighted by Crippen LogP contribution is -2.50. The second-order valence-electron chi connectivity index (χ2n) is 11.4. The molecule has 2 aromatic carbocycles. The quantitative estimate of drug-likeness (QED) is 0.169. The number of rotatable bonds is 4. The van der Waals surface area contributed by atoms with Crippen LogP contribution in [-0.4, -0.2) is 70.9 Å². The Morgan fingerprint density at radius 3 is 2.42 bits per heavy atom. The fourth-order valence-corrected chi connectivity index (χ4v) is 7.08. The number of carbonyl (C=O) groups excluding carboxylic acids is 1. The summed E-state index contributed by atoms with van der Waals surface area (Å²) in [6.07, 6.45) is 7.85. The van der Waals surface area contributed by atoms with E-state index < -0.39 is 0 Å². The summed E-state index contributed by atoms with van der Waals surface area (Å²) >= 11 is 10.0. The maximum absolute atomic E-state index is 13.4. The predicted molar refractivity (Wildman–Crippen MR) is 181 cm³/mol. The summed E-state index contributed by atoms with van der Waals surface area (Å²) in [5.41, 5.74) is 4.90. The number of halogens is 2. The average molecular weight is 692 g/mol. The van der Waals surface area contributed by atoms with Crippen molar-refractivity contribution < 1.29 is 9.53 Å². The molecule has 1 aliphatic carbocycles. The highest BCUT2D eigenvalue weighted by Gasteiger charge is 2.34. The number of aryl methyl sites for hydroxylation is 2. The molecule has 1 amide bonds. The zero-order valence-electron chi connectivity index (χ0n) is 26.0. The second-order valence-corrected chi connectivity index (χ2v) is 12.8. The first kappa shape index (κ1) is 32.9. The predicted octanol–water partition coefficient (Wildman–Crippen LogP) is 6.87. The van der Waals surface area contributed by atoms with E-state index in [1.165, 1.54) is 16.7 Å². The van der Waals surface area contributed by atoms with E-state index in [0.29, 0.717) is 50.3 Å². The Morgan fingerprint density at radius 1 is 1.00 bits per heavy atom. The fourth-order valence-electron chi connectivity index (χ4n) is 6.51. The van der Waals surface area contributed by atoms with E-state index in [0.717, 1.165) is 54.0 Å². The van der Waals surface area contributed by atoms with Crippen LogP contribution in [-0.2, 0) is 17.6 Å². The van der Waals surface area contributed by atoms with Gasteiger partial charge in [0.05, 0.1) is 11.7 Å². The topological polar surface area (TPSA) is 85.1 Å². The number of nitrogens with zero attached hydrogens (tertiary/aromatic N) is 6. The Balaban J connectivity index is 0.00000196. The summed E-state index contributed by atoms with van der Waals surface area (Å²) in [5.74, 6) is 1.17. The number of fused-ring (bicyclic) bond motifs is 2. The van der Waals surface area contributed by atoms with Crippen LogP contribution in [0.3, 0.4) is 0 Å². The fraction of sp³-hybridized carbons (Fsp3) is 0.429. The van der Waals surface area contributed by atoms with Crippen molar-refractivity contribution in [2.24, 2.45) is 10.9 Å². The highest BCUT2D eigenvalue weighted by molar-refractivity contribution is 9.10. The van der Waals surface area contributed by atoms with Gasteiger partial charge in [-0.2, -0.15) is 5.26 Å². The van der Waals surface area contributed by atoms with E-state index in [4.69, 9.17) is 21.3 Å². The molecular weight excluding hydrogens is 652 g/mol. The molecule has 45 heavy (non-hydrogen) atoms. The Labute approximate surface area is 279 Å². The number of nitriles is 1. The van der Waals surface area contributed by atoms with E-state index in [9.17, 15) is 10.1 Å². The molecule has 8 nitrogen and oxygen atoms in total. The molecule has 1 atom stereocenters. The van der Waals surface area contributed by atoms with Crippen molar-refractivity contribution in [3.63, 3.8) is 0 Å². The van der Waals surface area contributed by atoms with E-state index >= 15 is 0 Å². The number of benzene rings is 2. The van der Waals surface area contributed by atoms with Crippen LogP contribution in [0, 0.1) is 17.4 Å². The third kappa shape index (κ3) is 8.04. The van der Waals surface area contributed by atoms with E-state index in [1.807, 2.05) is 72.4 Å². The van der Waals surface area contributed by atoms with Crippen LogP contribution in [0.25, 0.3) is 0 Å². The summed E-state index contributed by atoms with van der Waals surface area (Å²) in [5, 5.41) is 9.95. The van der Waals surface area contributed by atoms with Crippen LogP contribution in [0.15, 0.2) is 70.3 Å². The van der Waals surface area contributed by atoms with Crippen LogP contribution in [0.1, 0.15) is 61.5 Å². The van der Waals surface area contributed by atoms with Crippen molar-refractivity contribution >= 4 is 39.5 Å². The minimum atomic E-state index is 0.0434. The number of pyridine rings is 1. The van der Waals surface area contributed by atoms with Crippen molar-refractivity contribution in [1.29, 1.82) is 5.26 Å². The highest BCUT2D eigenvalue weighted by atomic mass is 79.9. The molecule has 0 radical (unpaired) electrons. The molecule has 3 aromatic rings. The first-order chi connectivity index (χ1) is 22.0. The third-order valence-corrected chi connectivity index (χ3v) is 9.44. The highest BCUT2D eigenvalue weighted by Crippen LogP contribution is 2.38. The number of hydrogen-bond donors (Lipinski definition) is 0. The number of amidine groups is 1. The molecule has 3 heterocycles. The molecule has 6 rings (SSSR count). The van der Waals surface area contributed by atoms with Gasteiger partial charge in [0.1, 0.15) is 5.75 Å². The van der Waals surface area contributed by atoms with Gasteiger partial charge in [-0.05, 0) is 94.6 Å². The lowest BCUT2D eigenvalue weighted by Gasteiger charge is -2.40. The van der Waals surface area contributed by atoms with Crippen LogP contribution in [0.2, 0.25) is 5.02 Å². The van der Waals surface area contributed by atoms with Gasteiger partial charge in [-0.3, -0.25) is 14.7 Å². The summed E-state index contributed by atoms with van der Waals surface area (Å²) in [6.45, 7) is 8.39. The first-order valence-corrected chi connectivity index (χ1v) is 17.0. The smallest absolute Gasteiger partial charge is 0.308 e. The summed E-state index contributed by atoms with van der Waals surface area (Å²) in [6, 6.07) is 18.2. The number of aromatic nitrogens is 1. The first-order valence-electron chi connectivity index (χ1n) is 15.9. The Hall–Kier alpha value is -3.45. The molecule has 0 bridgehead atoms. The molecule has 10 heteroatoms. The molecule has 0 spiro atoms. The van der Waals surface area contributed by atoms with Gasteiger partial charge >= 0.3 is 6.02 Å². The van der Waals surface area contributed by atoms with Crippen LogP contribution in [0.4, 0.5) is 0 Å². The Morgan fingerprint density at radius 2 is 1.71 bits per heavy atom. The molecule has 2 fully saturated rings. The Kier molecular flexibility index (Phi) is 11.5. The van der Waals surface area contributed by atoms with Crippen molar-refractivity contribution in [3.8, 4) is 11.9 Å². The Bertz CT molecular complexity index is 1480. The minimum absolute atomic E-state index is 0.0434. The monoisotopic (exact) mass is 690 g/mol. The number of amides is 1. The van der Waals surface area contributed by atoms with Gasteiger partial charge in [0.2, 0.25) is 12.1 Å². The zero-order chi connectivity index (χ0) is 31.8. The summed E-state index contributed by atoms with van der Waals surface area (Å²) in [4.78, 5) is 28.7. The van der Waals surface area contributed by atoms with Crippen LogP contribution >= 0.6 is 27.5 Å². The number of aliphatic imine (C=N–C) groups is 1. The number of piperidine rings is 1. The van der Waals surface area contributed by atoms with E-state index in [-0.39, 0.29) is 11.9 Å². The van der Waals surface area contributed by atoms with Gasteiger partial charge in [-0.25, -0.2) is 0 Å². The summed E-state index contributed by atoms with van der Waals surface area (Å²) < 4.78 is 6.88. The lowest BCUT2D eigenvalue weighted by atomic mass is 9.93. The van der Waals surface area contributed by atoms with Gasteiger partial charge in [0.15, 0.2) is 0 Å². The van der Waals surface area contributed by atoms with Crippen molar-refractivity contribution in [2.75, 3.05) is 39.3 Å². The number of likely N-dealkylation sites (tertiary alicyclic amines) is 1. The molecular formula is C35H40BrClN6O2. The number of piperazine rings is 1. The molecule has 236 valence electrons. The number of hydrogen-bond acceptors (Lipinski definition) is 6. The molecule has 2 saturated heterocycles. The maximum atomic E-state index is 13.4. The van der Waals surface area contributed by atoms with Gasteiger partial charge in [0, 0.05) is 61.4 Å². The van der Waals surface area contributed by atoms with Gasteiger partial charge in [0.25, 0.3) is 0 Å². The second kappa shape index (κ2) is 15.7.